The van der Waals surface area contributed by atoms with Gasteiger partial charge in [0.05, 0.1) is 42.7 Å². The number of aliphatic hydroxyl groups is 1. The fraction of sp³-hybridized carbons (Fsp3) is 0.614. The molecule has 0 radical (unpaired) electrons. The van der Waals surface area contributed by atoms with Crippen molar-refractivity contribution in [3.63, 3.8) is 0 Å². The van der Waals surface area contributed by atoms with Crippen molar-refractivity contribution in [1.29, 1.82) is 0 Å². The van der Waals surface area contributed by atoms with Crippen LogP contribution in [-0.4, -0.2) is 156 Å². The van der Waals surface area contributed by atoms with E-state index < -0.39 is 78.5 Å². The summed E-state index contributed by atoms with van der Waals surface area (Å²) >= 11 is 1.48. The predicted octanol–water partition coefficient (Wildman–Crippen LogP) is 4.95. The minimum Gasteiger partial charge on any atom is -0.445 e. The molecule has 0 spiro atoms. The second-order valence-electron chi connectivity index (χ2n) is 21.3. The van der Waals surface area contributed by atoms with E-state index in [1.165, 1.54) is 37.3 Å². The van der Waals surface area contributed by atoms with Crippen molar-refractivity contribution in [3.8, 4) is 0 Å². The van der Waals surface area contributed by atoms with Crippen molar-refractivity contribution >= 4 is 58.6 Å². The number of hydrogen-bond donors (Lipinski definition) is 7. The zero-order valence-corrected chi connectivity index (χ0v) is 49.0. The van der Waals surface area contributed by atoms with Gasteiger partial charge in [-0.25, -0.2) is 9.78 Å². The summed E-state index contributed by atoms with van der Waals surface area (Å²) in [5.41, 5.74) is 7.41. The van der Waals surface area contributed by atoms with E-state index in [2.05, 4.69) is 31.6 Å². The molecule has 22 heteroatoms. The highest BCUT2D eigenvalue weighted by Gasteiger charge is 2.44. The molecule has 1 saturated heterocycles. The zero-order chi connectivity index (χ0) is 58.5. The number of carbonyl (C=O) groups is 7. The predicted molar refractivity (Wildman–Crippen MR) is 303 cm³/mol. The van der Waals surface area contributed by atoms with Gasteiger partial charge in [0.1, 0.15) is 29.7 Å². The Kier molecular flexibility index (Phi) is 26.7. The maximum atomic E-state index is 14.7. The Bertz CT molecular complexity index is 2400. The molecule has 2 heterocycles. The fourth-order valence-electron chi connectivity index (χ4n) is 10.3. The Morgan fingerprint density at radius 2 is 1.54 bits per heavy atom. The number of hydrogen-bond acceptors (Lipinski definition) is 15. The molecule has 1 aromatic heterocycles. The third-order valence-electron chi connectivity index (χ3n) is 14.7. The number of nitrogens with one attached hydrogen (secondary N) is 5. The van der Waals surface area contributed by atoms with Crippen molar-refractivity contribution in [2.24, 2.45) is 29.4 Å². The minimum atomic E-state index is -1.19. The number of anilines is 1. The molecule has 79 heavy (non-hydrogen) atoms. The van der Waals surface area contributed by atoms with Gasteiger partial charge < -0.3 is 50.4 Å². The molecule has 3 aromatic rings. The summed E-state index contributed by atoms with van der Waals surface area (Å²) in [4.78, 5) is 105. The SMILES string of the molecule is CCC(C)C(C(CC(=O)N1CCCC1C(OC)C(C)C(=O)NC(Cc1ccccc1)c1nccs1)OC)N(C)C(=O)C(NC(=O)C(C(C)C)N(C)C(=O)OCc1ccc(NC(=O)C(CCCNC(N)O)NC(C)=O)cc1)C(C)C. The first-order chi connectivity index (χ1) is 37.5. The number of benzene rings is 2. The van der Waals surface area contributed by atoms with Crippen molar-refractivity contribution in [2.75, 3.05) is 46.7 Å². The monoisotopic (exact) mass is 1120 g/mol. The molecular weight excluding hydrogens is 1030 g/mol. The van der Waals surface area contributed by atoms with Crippen LogP contribution in [0.2, 0.25) is 0 Å². The van der Waals surface area contributed by atoms with Gasteiger partial charge in [-0.15, -0.1) is 11.3 Å². The van der Waals surface area contributed by atoms with E-state index in [1.54, 1.807) is 68.3 Å². The molecule has 0 aliphatic carbocycles. The molecule has 7 amide bonds. The summed E-state index contributed by atoms with van der Waals surface area (Å²) in [5, 5.41) is 26.1. The van der Waals surface area contributed by atoms with Crippen LogP contribution < -0.4 is 32.3 Å². The minimum absolute atomic E-state index is 0.0516. The quantitative estimate of drug-likeness (QED) is 0.0332. The average Bonchev–Trinajstić information content (AvgIpc) is 4.16. The number of aliphatic hydroxyl groups excluding tert-OH is 1. The summed E-state index contributed by atoms with van der Waals surface area (Å²) in [6, 6.07) is 12.3. The maximum Gasteiger partial charge on any atom is 0.410 e. The lowest BCUT2D eigenvalue weighted by atomic mass is 9.89. The first-order valence-electron chi connectivity index (χ1n) is 27.4. The van der Waals surface area contributed by atoms with E-state index in [4.69, 9.17) is 19.9 Å². The van der Waals surface area contributed by atoms with Gasteiger partial charge in [0.25, 0.3) is 0 Å². The number of carbonyl (C=O) groups excluding carboxylic acids is 7. The Morgan fingerprint density at radius 3 is 2.11 bits per heavy atom. The summed E-state index contributed by atoms with van der Waals surface area (Å²) < 4.78 is 17.8. The van der Waals surface area contributed by atoms with Gasteiger partial charge in [-0.3, -0.25) is 44.7 Å². The number of nitrogens with two attached hydrogens (primary N) is 1. The van der Waals surface area contributed by atoms with E-state index in [0.717, 1.165) is 17.0 Å². The van der Waals surface area contributed by atoms with Gasteiger partial charge in [-0.1, -0.05) is 97.4 Å². The van der Waals surface area contributed by atoms with Crippen LogP contribution in [0, 0.1) is 23.7 Å². The van der Waals surface area contributed by atoms with Gasteiger partial charge in [0.2, 0.25) is 35.4 Å². The van der Waals surface area contributed by atoms with E-state index in [-0.39, 0.29) is 54.5 Å². The third kappa shape index (κ3) is 19.3. The number of thiazole rings is 1. The Labute approximate surface area is 470 Å². The Morgan fingerprint density at radius 1 is 0.861 bits per heavy atom. The second kappa shape index (κ2) is 32.3. The van der Waals surface area contributed by atoms with Crippen LogP contribution in [0.25, 0.3) is 0 Å². The van der Waals surface area contributed by atoms with E-state index in [9.17, 15) is 38.7 Å². The topological polar surface area (TPSA) is 276 Å². The number of likely N-dealkylation sites (N-methyl/N-ethyl adjacent to an activating group) is 2. The number of ether oxygens (including phenoxy) is 3. The van der Waals surface area contributed by atoms with Gasteiger partial charge in [0.15, 0.2) is 6.35 Å². The standard InChI is InChI=1S/C57H88N10O11S/c1-13-36(6)49(45(76-11)32-46(69)67-29-18-22-44(67)50(77-12)37(7)51(70)63-43(54-59-28-30-79-54)31-39-19-15-14-16-20-39)65(9)55(73)47(34(2)3)64-53(72)48(35(4)5)66(10)57(75)78-33-40-23-25-41(26-24-40)62-52(71)42(61-38(8)68)21-17-27-60-56(58)74/h14-16,19-20,23-26,28,30,34-37,42-45,47-50,56,60,74H,13,17-18,21-22,27,29,31-33,58H2,1-12H3,(H,61,68)(H,62,71)(H,63,70)(H,64,72). The molecule has 1 aliphatic heterocycles. The highest BCUT2D eigenvalue weighted by Crippen LogP contribution is 2.31. The molecular formula is C57H88N10O11S. The second-order valence-corrected chi connectivity index (χ2v) is 22.2. The molecule has 1 fully saturated rings. The van der Waals surface area contributed by atoms with Crippen LogP contribution in [-0.2, 0) is 56.0 Å². The van der Waals surface area contributed by atoms with Crippen LogP contribution in [0.15, 0.2) is 66.2 Å². The van der Waals surface area contributed by atoms with E-state index in [0.29, 0.717) is 56.4 Å². The lowest BCUT2D eigenvalue weighted by Gasteiger charge is -2.41. The van der Waals surface area contributed by atoms with Gasteiger partial charge in [-0.05, 0) is 79.7 Å². The van der Waals surface area contributed by atoms with Crippen molar-refractivity contribution in [3.05, 3.63) is 82.3 Å². The zero-order valence-electron chi connectivity index (χ0n) is 48.2. The average molecular weight is 1120 g/mol. The molecule has 11 atom stereocenters. The van der Waals surface area contributed by atoms with Crippen LogP contribution in [0.1, 0.15) is 116 Å². The number of likely N-dealkylation sites (tertiary alicyclic amines) is 1. The Hall–Kier alpha value is -6.04. The maximum absolute atomic E-state index is 14.7. The molecule has 0 bridgehead atoms. The summed E-state index contributed by atoms with van der Waals surface area (Å²) in [7, 11) is 6.22. The van der Waals surface area contributed by atoms with Crippen LogP contribution >= 0.6 is 11.3 Å². The summed E-state index contributed by atoms with van der Waals surface area (Å²) in [6.07, 6.45) is 1.66. The molecule has 4 rings (SSSR count). The highest BCUT2D eigenvalue weighted by molar-refractivity contribution is 7.09. The number of methoxy groups -OCH3 is 2. The van der Waals surface area contributed by atoms with Crippen molar-refractivity contribution in [2.45, 2.75) is 162 Å². The molecule has 438 valence electrons. The summed E-state index contributed by atoms with van der Waals surface area (Å²) in [5.74, 6) is -3.68. The van der Waals surface area contributed by atoms with Crippen LogP contribution in [0.3, 0.4) is 0 Å². The van der Waals surface area contributed by atoms with Crippen molar-refractivity contribution in [1.82, 2.24) is 41.0 Å². The Balaban J connectivity index is 1.41. The number of rotatable bonds is 31. The van der Waals surface area contributed by atoms with E-state index >= 15 is 0 Å². The lowest BCUT2D eigenvalue weighted by Crippen LogP contribution is -2.60. The molecule has 2 aromatic carbocycles. The molecule has 1 aliphatic rings. The van der Waals surface area contributed by atoms with Crippen LogP contribution in [0.4, 0.5) is 10.5 Å². The first-order valence-corrected chi connectivity index (χ1v) is 28.3. The van der Waals surface area contributed by atoms with Gasteiger partial charge in [-0.2, -0.15) is 0 Å². The van der Waals surface area contributed by atoms with Gasteiger partial charge >= 0.3 is 6.09 Å². The van der Waals surface area contributed by atoms with E-state index in [1.807, 2.05) is 70.3 Å². The van der Waals surface area contributed by atoms with Crippen LogP contribution in [0.5, 0.6) is 0 Å². The fourth-order valence-corrected chi connectivity index (χ4v) is 11.0. The lowest BCUT2D eigenvalue weighted by molar-refractivity contribution is -0.148. The normalized spacial score (nSPS) is 17.3. The van der Waals surface area contributed by atoms with Gasteiger partial charge in [0, 0.05) is 59.0 Å². The molecule has 0 saturated carbocycles. The smallest absolute Gasteiger partial charge is 0.410 e. The number of amides is 7. The molecule has 8 N–H and O–H groups in total. The highest BCUT2D eigenvalue weighted by atomic mass is 32.1. The number of aromatic nitrogens is 1. The summed E-state index contributed by atoms with van der Waals surface area (Å²) in [6.45, 7) is 15.0. The third-order valence-corrected chi connectivity index (χ3v) is 15.6. The van der Waals surface area contributed by atoms with Crippen molar-refractivity contribution < 1.29 is 52.9 Å². The first kappa shape index (κ1) is 65.5. The molecule has 21 nitrogen and oxygen atoms in total. The largest absolute Gasteiger partial charge is 0.445 e. The molecule has 11 unspecified atom stereocenters. The number of nitrogens with zero attached hydrogens (tertiary/aromatic N) is 4.